The summed E-state index contributed by atoms with van der Waals surface area (Å²) in [4.78, 5) is 27.2. The first kappa shape index (κ1) is 23.9. The van der Waals surface area contributed by atoms with E-state index in [2.05, 4.69) is 0 Å². The van der Waals surface area contributed by atoms with Gasteiger partial charge in [-0.25, -0.2) is 4.79 Å². The molecule has 3 rings (SSSR count). The molecule has 0 atom stereocenters. The number of carbonyl (C=O) groups is 2. The summed E-state index contributed by atoms with van der Waals surface area (Å²) in [5.41, 5.74) is 2.62. The summed E-state index contributed by atoms with van der Waals surface area (Å²) < 4.78 is 11.1. The summed E-state index contributed by atoms with van der Waals surface area (Å²) in [6, 6.07) is 11.1. The summed E-state index contributed by atoms with van der Waals surface area (Å²) in [7, 11) is 1.50. The zero-order valence-electron chi connectivity index (χ0n) is 17.7. The highest BCUT2D eigenvalue weighted by molar-refractivity contribution is 7.22. The highest BCUT2D eigenvalue weighted by Crippen LogP contribution is 2.43. The summed E-state index contributed by atoms with van der Waals surface area (Å²) in [5.74, 6) is -0.690. The molecule has 0 aliphatic heterocycles. The topological polar surface area (TPSA) is 79.6 Å². The molecular weight excluding hydrogens is 471 g/mol. The first-order valence-corrected chi connectivity index (χ1v) is 11.2. The molecule has 6 nitrogen and oxygen atoms in total. The van der Waals surface area contributed by atoms with E-state index in [-0.39, 0.29) is 22.9 Å². The van der Waals surface area contributed by atoms with Gasteiger partial charge in [-0.1, -0.05) is 29.3 Å². The predicted molar refractivity (Wildman–Crippen MR) is 127 cm³/mol. The molecule has 1 amide bonds. The van der Waals surface area contributed by atoms with E-state index < -0.39 is 18.5 Å². The van der Waals surface area contributed by atoms with Crippen molar-refractivity contribution in [3.63, 3.8) is 0 Å². The fourth-order valence-corrected chi connectivity index (χ4v) is 5.09. The quantitative estimate of drug-likeness (QED) is 0.383. The lowest BCUT2D eigenvalue weighted by atomic mass is 10.1. The lowest BCUT2D eigenvalue weighted by molar-refractivity contribution is -0.121. The number of esters is 1. The average Bonchev–Trinajstić information content (AvgIpc) is 3.09. The van der Waals surface area contributed by atoms with Crippen LogP contribution in [0.3, 0.4) is 0 Å². The van der Waals surface area contributed by atoms with Crippen molar-refractivity contribution in [2.24, 2.45) is 0 Å². The molecule has 166 valence electrons. The number of halogens is 2. The molecule has 2 aromatic carbocycles. The van der Waals surface area contributed by atoms with E-state index in [1.54, 1.807) is 12.1 Å². The Kier molecular flexibility index (Phi) is 7.62. The van der Waals surface area contributed by atoms with Crippen molar-refractivity contribution < 1.29 is 19.1 Å². The first-order valence-electron chi connectivity index (χ1n) is 9.64. The molecule has 0 aliphatic carbocycles. The molecule has 0 fully saturated rings. The molecule has 0 bridgehead atoms. The number of hydrogen-bond acceptors (Lipinski definition) is 6. The van der Waals surface area contributed by atoms with Gasteiger partial charge in [-0.3, -0.25) is 4.79 Å². The van der Waals surface area contributed by atoms with Gasteiger partial charge < -0.3 is 14.4 Å². The van der Waals surface area contributed by atoms with Crippen LogP contribution in [0.2, 0.25) is 10.0 Å². The van der Waals surface area contributed by atoms with Crippen LogP contribution in [0, 0.1) is 25.2 Å². The predicted octanol–water partition coefficient (Wildman–Crippen LogP) is 5.94. The van der Waals surface area contributed by atoms with Crippen molar-refractivity contribution in [1.29, 1.82) is 5.26 Å². The number of thiophene rings is 1. The molecule has 32 heavy (non-hydrogen) atoms. The number of carbonyl (C=O) groups excluding carboxylic acids is 2. The van der Waals surface area contributed by atoms with Crippen molar-refractivity contribution in [3.05, 3.63) is 56.4 Å². The summed E-state index contributed by atoms with van der Waals surface area (Å²) in [6.07, 6.45) is 0.148. The molecule has 0 radical (unpaired) electrons. The summed E-state index contributed by atoms with van der Waals surface area (Å²) in [6.45, 7) is 3.55. The smallest absolute Gasteiger partial charge is 0.350 e. The second-order valence-electron chi connectivity index (χ2n) is 7.08. The number of hydrogen-bond donors (Lipinski definition) is 0. The first-order chi connectivity index (χ1) is 15.3. The summed E-state index contributed by atoms with van der Waals surface area (Å²) >= 11 is 13.8. The van der Waals surface area contributed by atoms with E-state index in [4.69, 9.17) is 37.9 Å². The van der Waals surface area contributed by atoms with Crippen molar-refractivity contribution in [3.8, 4) is 11.8 Å². The highest BCUT2D eigenvalue weighted by atomic mass is 35.5. The Morgan fingerprint density at radius 3 is 2.44 bits per heavy atom. The van der Waals surface area contributed by atoms with Gasteiger partial charge in [-0.2, -0.15) is 5.26 Å². The number of methoxy groups -OCH3 is 1. The van der Waals surface area contributed by atoms with Gasteiger partial charge in [0, 0.05) is 17.6 Å². The maximum atomic E-state index is 12.9. The Balaban J connectivity index is 1.80. The van der Waals surface area contributed by atoms with Crippen LogP contribution in [-0.4, -0.2) is 32.1 Å². The van der Waals surface area contributed by atoms with E-state index in [0.29, 0.717) is 26.5 Å². The zero-order valence-corrected chi connectivity index (χ0v) is 20.0. The number of nitrogens with zero attached hydrogens (tertiary/aromatic N) is 2. The number of ether oxygens (including phenoxy) is 2. The van der Waals surface area contributed by atoms with Gasteiger partial charge in [0.05, 0.1) is 29.3 Å². The second kappa shape index (κ2) is 10.2. The molecule has 0 N–H and O–H groups in total. The largest absolute Gasteiger partial charge is 0.495 e. The Hall–Kier alpha value is -2.79. The van der Waals surface area contributed by atoms with Crippen LogP contribution in [0.1, 0.15) is 27.2 Å². The molecule has 0 spiro atoms. The third-order valence-electron chi connectivity index (χ3n) is 4.70. The van der Waals surface area contributed by atoms with Crippen molar-refractivity contribution in [1.82, 2.24) is 0 Å². The summed E-state index contributed by atoms with van der Waals surface area (Å²) in [5, 5.41) is 10.1. The van der Waals surface area contributed by atoms with E-state index in [0.717, 1.165) is 22.5 Å². The fraction of sp³-hybridized carbons (Fsp3) is 0.261. The third-order valence-corrected chi connectivity index (χ3v) is 6.90. The van der Waals surface area contributed by atoms with Crippen molar-refractivity contribution >= 4 is 62.2 Å². The van der Waals surface area contributed by atoms with E-state index in [1.165, 1.54) is 12.0 Å². The minimum Gasteiger partial charge on any atom is -0.495 e. The van der Waals surface area contributed by atoms with E-state index in [1.807, 2.05) is 38.1 Å². The van der Waals surface area contributed by atoms with Crippen LogP contribution in [0.15, 0.2) is 30.3 Å². The number of anilines is 1. The number of benzene rings is 2. The minimum atomic E-state index is -0.722. The standard InChI is InChI=1S/C23H20Cl2N2O4S/c1-13-9-14(2)11-15(10-13)27(8-4-7-26)18(28)12-31-23(29)22-19(24)16-5-6-17(30-3)20(25)21(16)32-22/h5-6,9-11H,4,8,12H2,1-3H3. The zero-order chi connectivity index (χ0) is 23.4. The van der Waals surface area contributed by atoms with Crippen LogP contribution in [0.4, 0.5) is 5.69 Å². The van der Waals surface area contributed by atoms with Gasteiger partial charge in [0.15, 0.2) is 6.61 Å². The lowest BCUT2D eigenvalue weighted by Crippen LogP contribution is -2.35. The maximum Gasteiger partial charge on any atom is 0.350 e. The minimum absolute atomic E-state index is 0.148. The van der Waals surface area contributed by atoms with Gasteiger partial charge in [-0.05, 0) is 49.2 Å². The lowest BCUT2D eigenvalue weighted by Gasteiger charge is -2.22. The van der Waals surface area contributed by atoms with Gasteiger partial charge in [0.2, 0.25) is 0 Å². The van der Waals surface area contributed by atoms with E-state index >= 15 is 0 Å². The highest BCUT2D eigenvalue weighted by Gasteiger charge is 2.24. The number of rotatable bonds is 7. The van der Waals surface area contributed by atoms with Gasteiger partial charge >= 0.3 is 5.97 Å². The Bertz CT molecular complexity index is 1210. The Morgan fingerprint density at radius 1 is 1.12 bits per heavy atom. The molecule has 0 unspecified atom stereocenters. The molecule has 0 saturated heterocycles. The van der Waals surface area contributed by atoms with E-state index in [9.17, 15) is 9.59 Å². The van der Waals surface area contributed by atoms with Gasteiger partial charge in [-0.15, -0.1) is 11.3 Å². The van der Waals surface area contributed by atoms with Crippen LogP contribution in [0.5, 0.6) is 5.75 Å². The van der Waals surface area contributed by atoms with Crippen LogP contribution in [0.25, 0.3) is 10.1 Å². The molecular formula is C23H20Cl2N2O4S. The number of fused-ring (bicyclic) bond motifs is 1. The fourth-order valence-electron chi connectivity index (χ4n) is 3.31. The van der Waals surface area contributed by atoms with Crippen LogP contribution in [-0.2, 0) is 9.53 Å². The van der Waals surface area contributed by atoms with Crippen molar-refractivity contribution in [2.45, 2.75) is 20.3 Å². The van der Waals surface area contributed by atoms with Gasteiger partial charge in [0.25, 0.3) is 5.91 Å². The molecule has 0 aliphatic rings. The molecule has 9 heteroatoms. The van der Waals surface area contributed by atoms with Crippen LogP contribution >= 0.6 is 34.5 Å². The SMILES string of the molecule is COc1ccc2c(Cl)c(C(=O)OCC(=O)N(CCC#N)c3cc(C)cc(C)c3)sc2c1Cl. The van der Waals surface area contributed by atoms with Crippen LogP contribution < -0.4 is 9.64 Å². The molecule has 1 aromatic heterocycles. The normalized spacial score (nSPS) is 10.6. The van der Waals surface area contributed by atoms with Gasteiger partial charge in [0.1, 0.15) is 15.6 Å². The Labute approximate surface area is 199 Å². The molecule has 3 aromatic rings. The second-order valence-corrected chi connectivity index (χ2v) is 8.86. The molecule has 0 saturated carbocycles. The third kappa shape index (κ3) is 4.99. The number of aryl methyl sites for hydroxylation is 2. The maximum absolute atomic E-state index is 12.9. The van der Waals surface area contributed by atoms with Crippen molar-refractivity contribution in [2.75, 3.05) is 25.2 Å². The Morgan fingerprint density at radius 2 is 1.81 bits per heavy atom. The average molecular weight is 491 g/mol. The monoisotopic (exact) mass is 490 g/mol. The number of nitriles is 1. The molecule has 1 heterocycles. The number of amides is 1.